The van der Waals surface area contributed by atoms with Crippen molar-refractivity contribution in [2.24, 2.45) is 4.99 Å². The van der Waals surface area contributed by atoms with Gasteiger partial charge in [-0.25, -0.2) is 4.98 Å². The van der Waals surface area contributed by atoms with E-state index >= 15 is 0 Å². The molecule has 0 saturated heterocycles. The number of hydrogen-bond acceptors (Lipinski definition) is 6. The lowest BCUT2D eigenvalue weighted by Gasteiger charge is -2.02. The minimum Gasteiger partial charge on any atom is -0.502 e. The number of hydrogen-bond donors (Lipinski definition) is 1. The maximum Gasteiger partial charge on any atom is 0.312 e. The third-order valence-corrected chi connectivity index (χ3v) is 5.59. The van der Waals surface area contributed by atoms with Crippen molar-refractivity contribution < 1.29 is 10.0 Å². The van der Waals surface area contributed by atoms with Crippen LogP contribution in [0.15, 0.2) is 59.6 Å². The topological polar surface area (TPSA) is 88.6 Å². The van der Waals surface area contributed by atoms with Gasteiger partial charge in [0.15, 0.2) is 0 Å². The largest absolute Gasteiger partial charge is 0.502 e. The maximum absolute atomic E-state index is 11.0. The fraction of sp³-hybridized carbons (Fsp3) is 0.0476. The molecule has 0 amide bonds. The average molecular weight is 424 g/mol. The van der Waals surface area contributed by atoms with Gasteiger partial charge in [0.05, 0.1) is 20.8 Å². The molecule has 8 heteroatoms. The first-order valence-corrected chi connectivity index (χ1v) is 9.79. The molecular weight excluding hydrogens is 410 g/mol. The number of phenols is 1. The van der Waals surface area contributed by atoms with Crippen molar-refractivity contribution in [2.75, 3.05) is 0 Å². The first kappa shape index (κ1) is 19.0. The predicted octanol–water partition coefficient (Wildman–Crippen LogP) is 6.29. The Morgan fingerprint density at radius 3 is 2.66 bits per heavy atom. The summed E-state index contributed by atoms with van der Waals surface area (Å²) < 4.78 is 1.13. The molecule has 1 aromatic heterocycles. The number of aryl methyl sites for hydroxylation is 1. The van der Waals surface area contributed by atoms with E-state index < -0.39 is 16.4 Å². The summed E-state index contributed by atoms with van der Waals surface area (Å²) >= 11 is 7.52. The van der Waals surface area contributed by atoms with Gasteiger partial charge in [-0.1, -0.05) is 17.7 Å². The second kappa shape index (κ2) is 7.62. The Hall–Kier alpha value is -3.29. The maximum atomic E-state index is 11.0. The number of aliphatic imine (C=N–C) groups is 1. The van der Waals surface area contributed by atoms with Crippen molar-refractivity contribution in [2.45, 2.75) is 6.92 Å². The number of fused-ring (bicyclic) bond motifs is 1. The first-order chi connectivity index (χ1) is 13.9. The van der Waals surface area contributed by atoms with Crippen LogP contribution in [0.5, 0.6) is 5.75 Å². The highest BCUT2D eigenvalue weighted by atomic mass is 35.5. The number of halogens is 1. The number of aromatic nitrogens is 1. The highest BCUT2D eigenvalue weighted by Crippen LogP contribution is 2.33. The summed E-state index contributed by atoms with van der Waals surface area (Å²) in [5, 5.41) is 22.1. The molecule has 4 aromatic rings. The third kappa shape index (κ3) is 3.96. The Labute approximate surface area is 174 Å². The quantitative estimate of drug-likeness (QED) is 0.237. The molecule has 29 heavy (non-hydrogen) atoms. The number of aromatic hydroxyl groups is 1. The second-order valence-corrected chi connectivity index (χ2v) is 7.88. The summed E-state index contributed by atoms with van der Waals surface area (Å²) in [5.74, 6) is -0.468. The predicted molar refractivity (Wildman–Crippen MR) is 117 cm³/mol. The lowest BCUT2D eigenvalue weighted by molar-refractivity contribution is -0.385. The van der Waals surface area contributed by atoms with Crippen LogP contribution in [-0.2, 0) is 0 Å². The average Bonchev–Trinajstić information content (AvgIpc) is 3.11. The Bertz CT molecular complexity index is 1270. The van der Waals surface area contributed by atoms with Crippen molar-refractivity contribution in [3.05, 3.63) is 80.9 Å². The van der Waals surface area contributed by atoms with Gasteiger partial charge in [0, 0.05) is 28.4 Å². The van der Waals surface area contributed by atoms with Crippen LogP contribution in [0.1, 0.15) is 11.1 Å². The number of benzene rings is 3. The van der Waals surface area contributed by atoms with Crippen LogP contribution in [-0.4, -0.2) is 21.2 Å². The fourth-order valence-corrected chi connectivity index (χ4v) is 4.01. The molecule has 0 unspecified atom stereocenters. The molecule has 0 bridgehead atoms. The standard InChI is InChI=1S/C21H14ClN3O3S/c1-12-2-7-19-17(8-12)24-21(29-19)13-3-5-16(6-4-13)23-11-14-9-15(22)10-18(20(14)26)25(27)28/h2-11,26H,1H3. The van der Waals surface area contributed by atoms with Crippen molar-refractivity contribution in [3.63, 3.8) is 0 Å². The molecular formula is C21H14ClN3O3S. The zero-order chi connectivity index (χ0) is 20.5. The van der Waals surface area contributed by atoms with E-state index in [1.54, 1.807) is 11.3 Å². The molecule has 0 radical (unpaired) electrons. The van der Waals surface area contributed by atoms with Crippen LogP contribution in [0.2, 0.25) is 5.02 Å². The smallest absolute Gasteiger partial charge is 0.312 e. The van der Waals surface area contributed by atoms with E-state index in [2.05, 4.69) is 28.2 Å². The third-order valence-electron chi connectivity index (χ3n) is 4.29. The minimum absolute atomic E-state index is 0.150. The van der Waals surface area contributed by atoms with Gasteiger partial charge in [-0.3, -0.25) is 15.1 Å². The van der Waals surface area contributed by atoms with Gasteiger partial charge >= 0.3 is 5.69 Å². The van der Waals surface area contributed by atoms with Crippen LogP contribution >= 0.6 is 22.9 Å². The minimum atomic E-state index is -0.688. The zero-order valence-corrected chi connectivity index (χ0v) is 16.7. The monoisotopic (exact) mass is 423 g/mol. The van der Waals surface area contributed by atoms with Gasteiger partial charge in [-0.05, 0) is 55.0 Å². The number of phenolic OH excluding ortho intramolecular Hbond substituents is 1. The summed E-state index contributed by atoms with van der Waals surface area (Å²) in [5.41, 5.74) is 3.47. The van der Waals surface area contributed by atoms with E-state index in [1.165, 1.54) is 17.8 Å². The molecule has 0 aliphatic carbocycles. The van der Waals surface area contributed by atoms with Gasteiger partial charge in [0.25, 0.3) is 0 Å². The van der Waals surface area contributed by atoms with Gasteiger partial charge in [-0.2, -0.15) is 0 Å². The van der Waals surface area contributed by atoms with E-state index in [0.717, 1.165) is 26.9 Å². The fourth-order valence-electron chi connectivity index (χ4n) is 2.84. The second-order valence-electron chi connectivity index (χ2n) is 6.42. The molecule has 1 N–H and O–H groups in total. The van der Waals surface area contributed by atoms with E-state index in [0.29, 0.717) is 5.69 Å². The molecule has 0 saturated carbocycles. The molecule has 4 rings (SSSR count). The number of nitro groups is 1. The number of thiazole rings is 1. The van der Waals surface area contributed by atoms with Gasteiger partial charge in [0.1, 0.15) is 5.01 Å². The molecule has 3 aromatic carbocycles. The van der Waals surface area contributed by atoms with Crippen LogP contribution in [0, 0.1) is 17.0 Å². The Balaban J connectivity index is 1.60. The molecule has 0 spiro atoms. The molecule has 0 aliphatic heterocycles. The first-order valence-electron chi connectivity index (χ1n) is 8.59. The van der Waals surface area contributed by atoms with Crippen LogP contribution in [0.3, 0.4) is 0 Å². The summed E-state index contributed by atoms with van der Waals surface area (Å²) in [6.45, 7) is 2.04. The van der Waals surface area contributed by atoms with E-state index in [4.69, 9.17) is 11.6 Å². The highest BCUT2D eigenvalue weighted by molar-refractivity contribution is 7.21. The summed E-state index contributed by atoms with van der Waals surface area (Å²) in [6, 6.07) is 16.2. The highest BCUT2D eigenvalue weighted by Gasteiger charge is 2.17. The van der Waals surface area contributed by atoms with Crippen molar-refractivity contribution >= 4 is 50.7 Å². The Morgan fingerprint density at radius 2 is 1.93 bits per heavy atom. The lowest BCUT2D eigenvalue weighted by atomic mass is 10.2. The van der Waals surface area contributed by atoms with E-state index in [9.17, 15) is 15.2 Å². The molecule has 0 atom stereocenters. The van der Waals surface area contributed by atoms with E-state index in [1.807, 2.05) is 31.2 Å². The lowest BCUT2D eigenvalue weighted by Crippen LogP contribution is -1.92. The number of nitro benzene ring substituents is 1. The number of rotatable bonds is 4. The van der Waals surface area contributed by atoms with E-state index in [-0.39, 0.29) is 10.6 Å². The SMILES string of the molecule is Cc1ccc2sc(-c3ccc(N=Cc4cc(Cl)cc([N+](=O)[O-])c4O)cc3)nc2c1. The normalized spacial score (nSPS) is 11.4. The Kier molecular flexibility index (Phi) is 5.00. The van der Waals surface area contributed by atoms with Gasteiger partial charge < -0.3 is 5.11 Å². The van der Waals surface area contributed by atoms with Crippen LogP contribution in [0.25, 0.3) is 20.8 Å². The number of nitrogens with zero attached hydrogens (tertiary/aromatic N) is 3. The molecule has 6 nitrogen and oxygen atoms in total. The van der Waals surface area contributed by atoms with Gasteiger partial charge in [0.2, 0.25) is 5.75 Å². The van der Waals surface area contributed by atoms with Crippen molar-refractivity contribution in [1.82, 2.24) is 4.98 Å². The molecule has 144 valence electrons. The van der Waals surface area contributed by atoms with Gasteiger partial charge in [-0.15, -0.1) is 11.3 Å². The molecule has 1 heterocycles. The molecule has 0 fully saturated rings. The zero-order valence-electron chi connectivity index (χ0n) is 15.2. The van der Waals surface area contributed by atoms with Crippen LogP contribution in [0.4, 0.5) is 11.4 Å². The van der Waals surface area contributed by atoms with Crippen molar-refractivity contribution in [1.29, 1.82) is 0 Å². The molecule has 0 aliphatic rings. The van der Waals surface area contributed by atoms with Crippen molar-refractivity contribution in [3.8, 4) is 16.3 Å². The summed E-state index contributed by atoms with van der Waals surface area (Å²) in [4.78, 5) is 19.3. The Morgan fingerprint density at radius 1 is 1.17 bits per heavy atom. The van der Waals surface area contributed by atoms with Crippen LogP contribution < -0.4 is 0 Å². The summed E-state index contributed by atoms with van der Waals surface area (Å²) in [6.07, 6.45) is 1.35. The summed E-state index contributed by atoms with van der Waals surface area (Å²) in [7, 11) is 0.